The molecule has 3 aromatic rings. The van der Waals surface area contributed by atoms with E-state index in [0.717, 1.165) is 29.9 Å². The van der Waals surface area contributed by atoms with E-state index in [2.05, 4.69) is 66.2 Å². The number of aromatic nitrogens is 2. The average Bonchev–Trinajstić information content (AvgIpc) is 2.68. The maximum atomic E-state index is 4.91. The molecule has 0 bridgehead atoms. The van der Waals surface area contributed by atoms with Gasteiger partial charge in [0.25, 0.3) is 0 Å². The summed E-state index contributed by atoms with van der Waals surface area (Å²) in [5, 5.41) is 0. The summed E-state index contributed by atoms with van der Waals surface area (Å²) in [4.78, 5) is 11.9. The van der Waals surface area contributed by atoms with E-state index in [1.165, 1.54) is 36.0 Å². The van der Waals surface area contributed by atoms with Crippen LogP contribution in [0.3, 0.4) is 0 Å². The number of anilines is 1. The fourth-order valence-electron chi connectivity index (χ4n) is 3.53. The molecular formula is C22H25N3. The van der Waals surface area contributed by atoms with Gasteiger partial charge in [-0.2, -0.15) is 0 Å². The van der Waals surface area contributed by atoms with Crippen molar-refractivity contribution in [3.05, 3.63) is 54.2 Å². The number of hydrogen-bond acceptors (Lipinski definition) is 3. The number of rotatable bonds is 3. The van der Waals surface area contributed by atoms with Crippen molar-refractivity contribution in [1.82, 2.24) is 9.97 Å². The Morgan fingerprint density at radius 3 is 2.48 bits per heavy atom. The molecule has 0 spiro atoms. The highest BCUT2D eigenvalue weighted by molar-refractivity contribution is 5.82. The van der Waals surface area contributed by atoms with Gasteiger partial charge in [0.1, 0.15) is 5.82 Å². The Morgan fingerprint density at radius 1 is 0.880 bits per heavy atom. The fourth-order valence-corrected chi connectivity index (χ4v) is 3.53. The van der Waals surface area contributed by atoms with Crippen LogP contribution in [0.2, 0.25) is 0 Å². The molecule has 0 amide bonds. The molecule has 1 saturated heterocycles. The topological polar surface area (TPSA) is 29.0 Å². The smallest absolute Gasteiger partial charge is 0.147 e. The zero-order valence-corrected chi connectivity index (χ0v) is 15.1. The molecule has 1 aliphatic rings. The quantitative estimate of drug-likeness (QED) is 0.642. The molecule has 25 heavy (non-hydrogen) atoms. The first-order chi connectivity index (χ1) is 12.2. The molecule has 0 atom stereocenters. The summed E-state index contributed by atoms with van der Waals surface area (Å²) in [6, 6.07) is 15.2. The van der Waals surface area contributed by atoms with Crippen molar-refractivity contribution in [1.29, 1.82) is 0 Å². The van der Waals surface area contributed by atoms with E-state index in [1.54, 1.807) is 0 Å². The minimum Gasteiger partial charge on any atom is -0.355 e. The summed E-state index contributed by atoms with van der Waals surface area (Å²) in [6.45, 7) is 6.65. The maximum absolute atomic E-state index is 4.91. The zero-order valence-electron chi connectivity index (χ0n) is 15.1. The lowest BCUT2D eigenvalue weighted by molar-refractivity contribution is 0.573. The average molecular weight is 331 g/mol. The lowest BCUT2D eigenvalue weighted by Crippen LogP contribution is -2.30. The molecule has 4 rings (SSSR count). The molecule has 2 aromatic carbocycles. The largest absolute Gasteiger partial charge is 0.355 e. The molecule has 3 heteroatoms. The molecule has 0 unspecified atom stereocenters. The molecular weight excluding hydrogens is 306 g/mol. The number of piperidine rings is 1. The first-order valence-electron chi connectivity index (χ1n) is 9.33. The second kappa shape index (κ2) is 6.83. The predicted octanol–water partition coefficient (Wildman–Crippen LogP) is 5.41. The first kappa shape index (κ1) is 16.1. The Hall–Kier alpha value is -2.42. The number of fused-ring (bicyclic) bond motifs is 1. The van der Waals surface area contributed by atoms with Crippen LogP contribution in [0.25, 0.3) is 22.2 Å². The van der Waals surface area contributed by atoms with Gasteiger partial charge < -0.3 is 4.90 Å². The number of benzene rings is 2. The molecule has 128 valence electrons. The van der Waals surface area contributed by atoms with E-state index in [1.807, 2.05) is 6.20 Å². The van der Waals surface area contributed by atoms with Gasteiger partial charge in [-0.25, -0.2) is 4.98 Å². The molecule has 0 saturated carbocycles. The zero-order chi connectivity index (χ0) is 17.2. The van der Waals surface area contributed by atoms with E-state index in [0.29, 0.717) is 5.92 Å². The van der Waals surface area contributed by atoms with Crippen molar-refractivity contribution < 1.29 is 0 Å². The van der Waals surface area contributed by atoms with E-state index in [4.69, 9.17) is 4.98 Å². The molecule has 1 aliphatic heterocycles. The third-order valence-electron chi connectivity index (χ3n) is 5.10. The highest BCUT2D eigenvalue weighted by atomic mass is 15.2. The van der Waals surface area contributed by atoms with Gasteiger partial charge in [0.05, 0.1) is 17.2 Å². The normalized spacial score (nSPS) is 15.1. The van der Waals surface area contributed by atoms with Gasteiger partial charge in [0.2, 0.25) is 0 Å². The summed E-state index contributed by atoms with van der Waals surface area (Å²) in [5.41, 5.74) is 5.77. The van der Waals surface area contributed by atoms with Crippen LogP contribution in [-0.2, 0) is 0 Å². The fraction of sp³-hybridized carbons (Fsp3) is 0.364. The number of nitrogens with zero attached hydrogens (tertiary/aromatic N) is 3. The van der Waals surface area contributed by atoms with Crippen LogP contribution in [0, 0.1) is 0 Å². The van der Waals surface area contributed by atoms with Gasteiger partial charge in [-0.1, -0.05) is 44.2 Å². The summed E-state index contributed by atoms with van der Waals surface area (Å²) in [6.07, 6.45) is 5.75. The van der Waals surface area contributed by atoms with E-state index < -0.39 is 0 Å². The molecule has 0 aliphatic carbocycles. The van der Waals surface area contributed by atoms with Crippen LogP contribution in [0.1, 0.15) is 44.6 Å². The maximum Gasteiger partial charge on any atom is 0.147 e. The third-order valence-corrected chi connectivity index (χ3v) is 5.10. The number of hydrogen-bond donors (Lipinski definition) is 0. The van der Waals surface area contributed by atoms with Gasteiger partial charge in [0, 0.05) is 13.1 Å². The minimum atomic E-state index is 0.533. The van der Waals surface area contributed by atoms with Crippen molar-refractivity contribution in [3.63, 3.8) is 0 Å². The molecule has 1 aromatic heterocycles. The van der Waals surface area contributed by atoms with Crippen LogP contribution in [0.4, 0.5) is 5.82 Å². The van der Waals surface area contributed by atoms with Crippen LogP contribution in [0.15, 0.2) is 48.7 Å². The Morgan fingerprint density at radius 2 is 1.68 bits per heavy atom. The minimum absolute atomic E-state index is 0.533. The second-order valence-corrected chi connectivity index (χ2v) is 7.26. The molecule has 2 heterocycles. The monoisotopic (exact) mass is 331 g/mol. The van der Waals surface area contributed by atoms with Crippen molar-refractivity contribution in [2.45, 2.75) is 39.0 Å². The van der Waals surface area contributed by atoms with E-state index >= 15 is 0 Å². The molecule has 0 radical (unpaired) electrons. The lowest BCUT2D eigenvalue weighted by Gasteiger charge is -2.27. The highest BCUT2D eigenvalue weighted by Crippen LogP contribution is 2.27. The Kier molecular flexibility index (Phi) is 4.39. The second-order valence-electron chi connectivity index (χ2n) is 7.26. The summed E-state index contributed by atoms with van der Waals surface area (Å²) >= 11 is 0. The van der Waals surface area contributed by atoms with Crippen LogP contribution >= 0.6 is 0 Å². The summed E-state index contributed by atoms with van der Waals surface area (Å²) < 4.78 is 0. The molecule has 1 fully saturated rings. The predicted molar refractivity (Wildman–Crippen MR) is 105 cm³/mol. The van der Waals surface area contributed by atoms with Crippen molar-refractivity contribution in [2.24, 2.45) is 0 Å². The SMILES string of the molecule is CC(C)c1cccc(-c2ccc3ncc(N4CCCCC4)nc3c2)c1. The first-order valence-corrected chi connectivity index (χ1v) is 9.33. The van der Waals surface area contributed by atoms with Crippen molar-refractivity contribution >= 4 is 16.9 Å². The Balaban J connectivity index is 1.72. The third kappa shape index (κ3) is 3.37. The van der Waals surface area contributed by atoms with Crippen LogP contribution in [0.5, 0.6) is 0 Å². The highest BCUT2D eigenvalue weighted by Gasteiger charge is 2.13. The van der Waals surface area contributed by atoms with E-state index in [9.17, 15) is 0 Å². The van der Waals surface area contributed by atoms with Crippen molar-refractivity contribution in [3.8, 4) is 11.1 Å². The lowest BCUT2D eigenvalue weighted by atomic mass is 9.97. The Bertz CT molecular complexity index is 879. The van der Waals surface area contributed by atoms with Gasteiger partial charge in [0.15, 0.2) is 0 Å². The van der Waals surface area contributed by atoms with E-state index in [-0.39, 0.29) is 0 Å². The van der Waals surface area contributed by atoms with Gasteiger partial charge in [-0.15, -0.1) is 0 Å². The van der Waals surface area contributed by atoms with Gasteiger partial charge in [-0.3, -0.25) is 4.98 Å². The summed E-state index contributed by atoms with van der Waals surface area (Å²) in [5.74, 6) is 1.55. The Labute approximate surface area is 149 Å². The van der Waals surface area contributed by atoms with Crippen LogP contribution < -0.4 is 4.90 Å². The van der Waals surface area contributed by atoms with Crippen molar-refractivity contribution in [2.75, 3.05) is 18.0 Å². The van der Waals surface area contributed by atoms with Crippen LogP contribution in [-0.4, -0.2) is 23.1 Å². The van der Waals surface area contributed by atoms with Gasteiger partial charge in [-0.05, 0) is 54.0 Å². The van der Waals surface area contributed by atoms with Gasteiger partial charge >= 0.3 is 0 Å². The molecule has 3 nitrogen and oxygen atoms in total. The standard InChI is InChI=1S/C22H25N3/c1-16(2)17-7-6-8-18(13-17)19-9-10-20-21(14-19)24-22(15-23-20)25-11-4-3-5-12-25/h6-10,13-16H,3-5,11-12H2,1-2H3. The molecule has 0 N–H and O–H groups in total. The summed E-state index contributed by atoms with van der Waals surface area (Å²) in [7, 11) is 0.